The maximum absolute atomic E-state index is 14.0. The lowest BCUT2D eigenvalue weighted by atomic mass is 9.96. The third-order valence-electron chi connectivity index (χ3n) is 6.97. The average molecular weight is 579 g/mol. The Hall–Kier alpha value is -5.90. The van der Waals surface area contributed by atoms with Crippen LogP contribution in [-0.4, -0.2) is 55.6 Å². The zero-order valence-electron chi connectivity index (χ0n) is 22.7. The van der Waals surface area contributed by atoms with Gasteiger partial charge in [0, 0.05) is 30.2 Å². The first-order valence-electron chi connectivity index (χ1n) is 13.3. The summed E-state index contributed by atoms with van der Waals surface area (Å²) in [5, 5.41) is 29.9. The van der Waals surface area contributed by atoms with Gasteiger partial charge in [0.05, 0.1) is 22.3 Å². The fourth-order valence-electron chi connectivity index (χ4n) is 4.83. The average Bonchev–Trinajstić information content (AvgIpc) is 3.42. The van der Waals surface area contributed by atoms with Gasteiger partial charge in [-0.3, -0.25) is 4.79 Å². The monoisotopic (exact) mass is 578 g/mol. The number of aromatic carboxylic acids is 3. The van der Waals surface area contributed by atoms with Crippen molar-refractivity contribution < 1.29 is 39.2 Å². The number of ether oxygens (including phenoxy) is 1. The van der Waals surface area contributed by atoms with E-state index in [0.717, 1.165) is 28.6 Å². The van der Waals surface area contributed by atoms with Crippen molar-refractivity contribution in [3.8, 4) is 11.5 Å². The molecule has 0 radical (unpaired) electrons. The van der Waals surface area contributed by atoms with E-state index >= 15 is 0 Å². The Labute approximate surface area is 245 Å². The molecule has 0 aliphatic rings. The van der Waals surface area contributed by atoms with Gasteiger partial charge in [-0.1, -0.05) is 48.5 Å². The Morgan fingerprint density at radius 1 is 0.674 bits per heavy atom. The molecule has 4 N–H and O–H groups in total. The molecule has 0 bridgehead atoms. The van der Waals surface area contributed by atoms with Crippen LogP contribution in [0.4, 0.5) is 0 Å². The number of hydrogen-bond acceptors (Lipinski definition) is 5. The highest BCUT2D eigenvalue weighted by atomic mass is 16.5. The molecule has 10 heteroatoms. The van der Waals surface area contributed by atoms with E-state index in [1.54, 1.807) is 24.3 Å². The number of nitrogens with zero attached hydrogens (tertiary/aromatic N) is 1. The van der Waals surface area contributed by atoms with Crippen molar-refractivity contribution in [2.45, 2.75) is 13.0 Å². The van der Waals surface area contributed by atoms with E-state index in [4.69, 9.17) is 4.74 Å². The maximum atomic E-state index is 14.0. The Balaban J connectivity index is 1.48. The van der Waals surface area contributed by atoms with Gasteiger partial charge in [-0.25, -0.2) is 14.4 Å². The number of hydrogen-bond donors (Lipinski definition) is 4. The molecule has 1 amide bonds. The number of benzene rings is 4. The molecule has 0 saturated carbocycles. The maximum Gasteiger partial charge on any atom is 0.336 e. The number of para-hydroxylation sites is 2. The lowest BCUT2D eigenvalue weighted by Crippen LogP contribution is -2.34. The second-order valence-electron chi connectivity index (χ2n) is 9.75. The highest BCUT2D eigenvalue weighted by Gasteiger charge is 2.28. The van der Waals surface area contributed by atoms with E-state index < -0.39 is 46.1 Å². The van der Waals surface area contributed by atoms with Gasteiger partial charge in [0.1, 0.15) is 11.5 Å². The molecule has 216 valence electrons. The summed E-state index contributed by atoms with van der Waals surface area (Å²) < 4.78 is 5.85. The summed E-state index contributed by atoms with van der Waals surface area (Å²) in [5.41, 5.74) is 0.151. The van der Waals surface area contributed by atoms with Crippen molar-refractivity contribution in [1.82, 2.24) is 9.88 Å². The summed E-state index contributed by atoms with van der Waals surface area (Å²) in [5.74, 6) is -4.28. The van der Waals surface area contributed by atoms with Gasteiger partial charge in [0.2, 0.25) is 0 Å². The zero-order valence-corrected chi connectivity index (χ0v) is 22.7. The molecule has 0 fully saturated rings. The molecule has 0 aliphatic carbocycles. The number of carboxylic acid groups (broad SMARTS) is 3. The van der Waals surface area contributed by atoms with Gasteiger partial charge in [-0.15, -0.1) is 0 Å². The van der Waals surface area contributed by atoms with Crippen LogP contribution < -0.4 is 4.74 Å². The van der Waals surface area contributed by atoms with E-state index in [0.29, 0.717) is 23.5 Å². The van der Waals surface area contributed by atoms with E-state index in [2.05, 4.69) is 4.98 Å². The van der Waals surface area contributed by atoms with Crippen LogP contribution >= 0.6 is 0 Å². The number of amides is 1. The van der Waals surface area contributed by atoms with Gasteiger partial charge in [-0.05, 0) is 60.0 Å². The molecular weight excluding hydrogens is 552 g/mol. The Bertz CT molecular complexity index is 1830. The smallest absolute Gasteiger partial charge is 0.336 e. The minimum Gasteiger partial charge on any atom is -0.478 e. The quantitative estimate of drug-likeness (QED) is 0.150. The highest BCUT2D eigenvalue weighted by molar-refractivity contribution is 6.10. The summed E-state index contributed by atoms with van der Waals surface area (Å²) in [4.78, 5) is 54.2. The Morgan fingerprint density at radius 3 is 1.88 bits per heavy atom. The van der Waals surface area contributed by atoms with Crippen molar-refractivity contribution in [2.75, 3.05) is 6.54 Å². The predicted octanol–water partition coefficient (Wildman–Crippen LogP) is 5.94. The predicted molar refractivity (Wildman–Crippen MR) is 157 cm³/mol. The SMILES string of the molecule is O=C(O)c1cc(C(=O)O)c(C(=O)N(CCc2c[nH]c3ccccc23)Cc2ccc(Oc3ccccc3)cc2)cc1C(=O)O. The summed E-state index contributed by atoms with van der Waals surface area (Å²) in [7, 11) is 0. The number of aromatic amines is 1. The molecule has 0 aliphatic heterocycles. The lowest BCUT2D eigenvalue weighted by molar-refractivity contribution is 0.0644. The van der Waals surface area contributed by atoms with Crippen LogP contribution in [0.1, 0.15) is 52.6 Å². The molecule has 5 rings (SSSR count). The van der Waals surface area contributed by atoms with Crippen molar-refractivity contribution in [1.29, 1.82) is 0 Å². The molecule has 43 heavy (non-hydrogen) atoms. The fraction of sp³-hybridized carbons (Fsp3) is 0.0909. The molecule has 0 saturated heterocycles. The minimum atomic E-state index is -1.62. The molecule has 1 heterocycles. The number of carbonyl (C=O) groups is 4. The van der Waals surface area contributed by atoms with Crippen molar-refractivity contribution >= 4 is 34.7 Å². The fourth-order valence-corrected chi connectivity index (χ4v) is 4.83. The van der Waals surface area contributed by atoms with E-state index in [1.165, 1.54) is 4.90 Å². The van der Waals surface area contributed by atoms with Gasteiger partial charge in [0.25, 0.3) is 5.91 Å². The number of H-pyrrole nitrogens is 1. The standard InChI is InChI=1S/C33H26N2O8/c36-30(25-16-27(32(39)40)28(33(41)42)17-26(25)31(37)38)35(15-14-21-18-34-29-9-5-4-8-24(21)29)19-20-10-12-23(13-11-20)43-22-6-2-1-3-7-22/h1-13,16-18,34H,14-15,19H2,(H,37,38)(H,39,40)(H,41,42). The molecule has 5 aromatic rings. The van der Waals surface area contributed by atoms with Crippen LogP contribution in [0.5, 0.6) is 11.5 Å². The van der Waals surface area contributed by atoms with Crippen LogP contribution in [0, 0.1) is 0 Å². The number of carboxylic acids is 3. The van der Waals surface area contributed by atoms with Crippen LogP contribution in [0.25, 0.3) is 10.9 Å². The summed E-state index contributed by atoms with van der Waals surface area (Å²) >= 11 is 0. The molecule has 1 aromatic heterocycles. The van der Waals surface area contributed by atoms with E-state index in [9.17, 15) is 34.5 Å². The normalized spacial score (nSPS) is 10.8. The Morgan fingerprint density at radius 2 is 1.23 bits per heavy atom. The van der Waals surface area contributed by atoms with Crippen LogP contribution in [-0.2, 0) is 13.0 Å². The van der Waals surface area contributed by atoms with Crippen LogP contribution in [0.2, 0.25) is 0 Å². The van der Waals surface area contributed by atoms with Crippen molar-refractivity contribution in [3.63, 3.8) is 0 Å². The summed E-state index contributed by atoms with van der Waals surface area (Å²) in [6, 6.07) is 25.5. The van der Waals surface area contributed by atoms with Gasteiger partial charge < -0.3 is 29.9 Å². The van der Waals surface area contributed by atoms with Gasteiger partial charge in [0.15, 0.2) is 0 Å². The Kier molecular flexibility index (Phi) is 8.20. The van der Waals surface area contributed by atoms with Crippen LogP contribution in [0.3, 0.4) is 0 Å². The molecular formula is C33H26N2O8. The molecule has 10 nitrogen and oxygen atoms in total. The van der Waals surface area contributed by atoms with Crippen LogP contribution in [0.15, 0.2) is 97.2 Å². The number of aromatic nitrogens is 1. The van der Waals surface area contributed by atoms with Crippen molar-refractivity contribution in [2.24, 2.45) is 0 Å². The molecule has 0 atom stereocenters. The minimum absolute atomic E-state index is 0.0644. The first kappa shape index (κ1) is 28.6. The van der Waals surface area contributed by atoms with Gasteiger partial charge >= 0.3 is 17.9 Å². The number of carbonyl (C=O) groups excluding carboxylic acids is 1. The molecule has 0 spiro atoms. The number of fused-ring (bicyclic) bond motifs is 1. The molecule has 0 unspecified atom stereocenters. The molecule has 4 aromatic carbocycles. The first-order chi connectivity index (χ1) is 20.7. The lowest BCUT2D eigenvalue weighted by Gasteiger charge is -2.24. The van der Waals surface area contributed by atoms with Gasteiger partial charge in [-0.2, -0.15) is 0 Å². The first-order valence-corrected chi connectivity index (χ1v) is 13.3. The second-order valence-corrected chi connectivity index (χ2v) is 9.75. The topological polar surface area (TPSA) is 157 Å². The third-order valence-corrected chi connectivity index (χ3v) is 6.97. The number of nitrogens with one attached hydrogen (secondary N) is 1. The zero-order chi connectivity index (χ0) is 30.5. The van der Waals surface area contributed by atoms with Crippen molar-refractivity contribution in [3.05, 3.63) is 131 Å². The highest BCUT2D eigenvalue weighted by Crippen LogP contribution is 2.25. The third kappa shape index (κ3) is 6.38. The summed E-state index contributed by atoms with van der Waals surface area (Å²) in [6.45, 7) is 0.222. The van der Waals surface area contributed by atoms with E-state index in [-0.39, 0.29) is 13.1 Å². The van der Waals surface area contributed by atoms with E-state index in [1.807, 2.05) is 60.8 Å². The summed E-state index contributed by atoms with van der Waals surface area (Å²) in [6.07, 6.45) is 2.25. The largest absolute Gasteiger partial charge is 0.478 e. The number of rotatable bonds is 11. The second kappa shape index (κ2) is 12.3.